The molecule has 0 saturated carbocycles. The number of aryl methyl sites for hydroxylation is 1. The summed E-state index contributed by atoms with van der Waals surface area (Å²) in [4.78, 5) is 36.6. The predicted molar refractivity (Wildman–Crippen MR) is 126 cm³/mol. The van der Waals surface area contributed by atoms with Crippen molar-refractivity contribution in [3.63, 3.8) is 0 Å². The molecule has 1 N–H and O–H groups in total. The number of carbonyl (C=O) groups excluding carboxylic acids is 3. The summed E-state index contributed by atoms with van der Waals surface area (Å²) in [7, 11) is 0. The van der Waals surface area contributed by atoms with Crippen molar-refractivity contribution in [3.8, 4) is 5.75 Å². The van der Waals surface area contributed by atoms with E-state index in [1.165, 1.54) is 18.9 Å². The number of para-hydroxylation sites is 1. The first-order valence-electron chi connectivity index (χ1n) is 10.6. The van der Waals surface area contributed by atoms with Crippen LogP contribution in [0.1, 0.15) is 47.1 Å². The van der Waals surface area contributed by atoms with Crippen molar-refractivity contribution in [1.82, 2.24) is 5.01 Å². The van der Waals surface area contributed by atoms with Gasteiger partial charge in [-0.05, 0) is 42.8 Å². The van der Waals surface area contributed by atoms with Gasteiger partial charge in [-0.15, -0.1) is 5.10 Å². The van der Waals surface area contributed by atoms with E-state index >= 15 is 0 Å². The van der Waals surface area contributed by atoms with Crippen molar-refractivity contribution < 1.29 is 23.9 Å². The van der Waals surface area contributed by atoms with Crippen molar-refractivity contribution in [3.05, 3.63) is 95.1 Å². The zero-order valence-corrected chi connectivity index (χ0v) is 18.9. The lowest BCUT2D eigenvalue weighted by Crippen LogP contribution is -2.25. The molecule has 0 aromatic heterocycles. The van der Waals surface area contributed by atoms with Crippen molar-refractivity contribution in [2.75, 3.05) is 5.32 Å². The summed E-state index contributed by atoms with van der Waals surface area (Å²) in [5.74, 6) is -0.635. The highest BCUT2D eigenvalue weighted by Gasteiger charge is 2.34. The van der Waals surface area contributed by atoms with Crippen LogP contribution >= 0.6 is 0 Å². The maximum atomic E-state index is 12.7. The maximum absolute atomic E-state index is 12.7. The van der Waals surface area contributed by atoms with Gasteiger partial charge in [-0.25, -0.2) is 0 Å². The van der Waals surface area contributed by atoms with Crippen LogP contribution in [-0.4, -0.2) is 28.7 Å². The standard InChI is InChI=1S/C26H23N3O5/c1-16-9-4-5-12-21(16)24(32)27-20-11-8-10-19(15-20)26-29(17(2)30)28-25(34-26)22-13-6-7-14-23(22)33-18(3)31/h4-15,26H,1-3H3,(H,27,32)/t26-/m1/s1. The van der Waals surface area contributed by atoms with Crippen LogP contribution in [0.5, 0.6) is 5.75 Å². The molecule has 172 valence electrons. The van der Waals surface area contributed by atoms with Gasteiger partial charge in [-0.1, -0.05) is 42.5 Å². The van der Waals surface area contributed by atoms with Crippen LogP contribution in [0.2, 0.25) is 0 Å². The smallest absolute Gasteiger partial charge is 0.308 e. The number of anilines is 1. The van der Waals surface area contributed by atoms with Crippen molar-refractivity contribution in [2.24, 2.45) is 5.10 Å². The Hall–Kier alpha value is -4.46. The number of hydrogen-bond acceptors (Lipinski definition) is 6. The number of esters is 1. The molecule has 0 bridgehead atoms. The third-order valence-electron chi connectivity index (χ3n) is 5.16. The predicted octanol–water partition coefficient (Wildman–Crippen LogP) is 4.41. The number of benzene rings is 3. The molecule has 34 heavy (non-hydrogen) atoms. The van der Waals surface area contributed by atoms with Gasteiger partial charge >= 0.3 is 5.97 Å². The van der Waals surface area contributed by atoms with E-state index in [2.05, 4.69) is 10.4 Å². The quantitative estimate of drug-likeness (QED) is 0.452. The van der Waals surface area contributed by atoms with E-state index in [9.17, 15) is 14.4 Å². The van der Waals surface area contributed by atoms with Crippen LogP contribution in [0, 0.1) is 6.92 Å². The minimum absolute atomic E-state index is 0.145. The minimum Gasteiger partial charge on any atom is -0.446 e. The van der Waals surface area contributed by atoms with E-state index in [1.54, 1.807) is 54.6 Å². The average molecular weight is 457 g/mol. The van der Waals surface area contributed by atoms with Crippen molar-refractivity contribution in [2.45, 2.75) is 27.0 Å². The van der Waals surface area contributed by atoms with Crippen LogP contribution < -0.4 is 10.1 Å². The molecule has 1 heterocycles. The lowest BCUT2D eigenvalue weighted by Gasteiger charge is -2.20. The van der Waals surface area contributed by atoms with Gasteiger partial charge in [0.2, 0.25) is 18.0 Å². The van der Waals surface area contributed by atoms with E-state index in [0.29, 0.717) is 22.4 Å². The first-order chi connectivity index (χ1) is 16.3. The van der Waals surface area contributed by atoms with Gasteiger partial charge in [0, 0.05) is 30.7 Å². The fourth-order valence-electron chi connectivity index (χ4n) is 3.57. The van der Waals surface area contributed by atoms with Gasteiger partial charge in [0.05, 0.1) is 5.56 Å². The second kappa shape index (κ2) is 9.58. The zero-order chi connectivity index (χ0) is 24.2. The van der Waals surface area contributed by atoms with Crippen LogP contribution in [0.3, 0.4) is 0 Å². The molecular formula is C26H23N3O5. The van der Waals surface area contributed by atoms with Crippen LogP contribution in [0.4, 0.5) is 5.69 Å². The second-order valence-corrected chi connectivity index (χ2v) is 7.72. The second-order valence-electron chi connectivity index (χ2n) is 7.72. The minimum atomic E-state index is -0.854. The molecule has 0 unspecified atom stereocenters. The van der Waals surface area contributed by atoms with Gasteiger partial charge in [0.15, 0.2) is 0 Å². The van der Waals surface area contributed by atoms with Crippen molar-refractivity contribution in [1.29, 1.82) is 0 Å². The lowest BCUT2D eigenvalue weighted by atomic mass is 10.1. The molecule has 1 aliphatic rings. The van der Waals surface area contributed by atoms with Crippen LogP contribution in [-0.2, 0) is 14.3 Å². The summed E-state index contributed by atoms with van der Waals surface area (Å²) in [6.45, 7) is 4.55. The molecule has 3 aromatic rings. The molecule has 1 atom stereocenters. The summed E-state index contributed by atoms with van der Waals surface area (Å²) in [5.41, 5.74) is 3.04. The Morgan fingerprint density at radius 3 is 2.44 bits per heavy atom. The number of hydrogen-bond donors (Lipinski definition) is 1. The summed E-state index contributed by atoms with van der Waals surface area (Å²) in [5, 5.41) is 8.43. The highest BCUT2D eigenvalue weighted by Crippen LogP contribution is 2.33. The van der Waals surface area contributed by atoms with E-state index in [1.807, 2.05) is 25.1 Å². The Morgan fingerprint density at radius 2 is 1.71 bits per heavy atom. The van der Waals surface area contributed by atoms with E-state index in [-0.39, 0.29) is 23.5 Å². The van der Waals surface area contributed by atoms with Gasteiger partial charge in [0.1, 0.15) is 5.75 Å². The number of rotatable bonds is 5. The highest BCUT2D eigenvalue weighted by atomic mass is 16.5. The lowest BCUT2D eigenvalue weighted by molar-refractivity contribution is -0.135. The Balaban J connectivity index is 1.60. The van der Waals surface area contributed by atoms with Gasteiger partial charge in [-0.2, -0.15) is 5.01 Å². The highest BCUT2D eigenvalue weighted by molar-refractivity contribution is 6.05. The van der Waals surface area contributed by atoms with E-state index < -0.39 is 12.2 Å². The molecule has 0 fully saturated rings. The van der Waals surface area contributed by atoms with Crippen molar-refractivity contribution >= 4 is 29.4 Å². The molecular weight excluding hydrogens is 434 g/mol. The number of ether oxygens (including phenoxy) is 2. The average Bonchev–Trinajstić information content (AvgIpc) is 3.25. The molecule has 3 aromatic carbocycles. The molecule has 1 aliphatic heterocycles. The number of carbonyl (C=O) groups is 3. The van der Waals surface area contributed by atoms with Gasteiger partial charge in [0.25, 0.3) is 5.91 Å². The Bertz CT molecular complexity index is 1300. The fraction of sp³-hybridized carbons (Fsp3) is 0.154. The number of hydrazone groups is 1. The maximum Gasteiger partial charge on any atom is 0.308 e. The molecule has 8 nitrogen and oxygen atoms in total. The first kappa shape index (κ1) is 22.7. The largest absolute Gasteiger partial charge is 0.446 e. The Labute approximate surface area is 196 Å². The fourth-order valence-corrected chi connectivity index (χ4v) is 3.57. The van der Waals surface area contributed by atoms with Crippen LogP contribution in [0.15, 0.2) is 77.9 Å². The third kappa shape index (κ3) is 4.80. The summed E-state index contributed by atoms with van der Waals surface area (Å²) in [6.07, 6.45) is -0.854. The number of amides is 2. The van der Waals surface area contributed by atoms with Gasteiger partial charge in [-0.3, -0.25) is 14.4 Å². The summed E-state index contributed by atoms with van der Waals surface area (Å²) < 4.78 is 11.3. The SMILES string of the molecule is CC(=O)Oc1ccccc1C1=NN(C(C)=O)[C@@H](c2cccc(NC(=O)c3ccccc3C)c2)O1. The molecule has 0 aliphatic carbocycles. The Morgan fingerprint density at radius 1 is 0.971 bits per heavy atom. The van der Waals surface area contributed by atoms with E-state index in [0.717, 1.165) is 5.56 Å². The topological polar surface area (TPSA) is 97.3 Å². The zero-order valence-electron chi connectivity index (χ0n) is 18.9. The molecule has 8 heteroatoms. The first-order valence-corrected chi connectivity index (χ1v) is 10.6. The normalized spacial score (nSPS) is 14.7. The Kier molecular flexibility index (Phi) is 6.40. The van der Waals surface area contributed by atoms with E-state index in [4.69, 9.17) is 9.47 Å². The molecule has 0 spiro atoms. The third-order valence-corrected chi connectivity index (χ3v) is 5.16. The number of nitrogens with zero attached hydrogens (tertiary/aromatic N) is 2. The molecule has 0 saturated heterocycles. The van der Waals surface area contributed by atoms with Crippen LogP contribution in [0.25, 0.3) is 0 Å². The summed E-state index contributed by atoms with van der Waals surface area (Å²) in [6, 6.07) is 21.1. The molecule has 2 amide bonds. The molecule has 0 radical (unpaired) electrons. The van der Waals surface area contributed by atoms with Gasteiger partial charge < -0.3 is 14.8 Å². The molecule has 4 rings (SSSR count). The number of nitrogens with one attached hydrogen (secondary N) is 1. The summed E-state index contributed by atoms with van der Waals surface area (Å²) >= 11 is 0. The monoisotopic (exact) mass is 457 g/mol.